The van der Waals surface area contributed by atoms with E-state index in [-0.39, 0.29) is 0 Å². The Kier molecular flexibility index (Phi) is 6.18. The number of furan rings is 2. The van der Waals surface area contributed by atoms with Gasteiger partial charge in [-0.1, -0.05) is 91.0 Å². The molecule has 8 aromatic carbocycles. The highest BCUT2D eigenvalue weighted by Gasteiger charge is 2.20. The van der Waals surface area contributed by atoms with Crippen molar-refractivity contribution < 1.29 is 13.3 Å². The molecule has 0 radical (unpaired) electrons. The van der Waals surface area contributed by atoms with Gasteiger partial charge in [0, 0.05) is 50.2 Å². The smallest absolute Gasteiger partial charge is 0.228 e. The summed E-state index contributed by atoms with van der Waals surface area (Å²) in [4.78, 5) is 7.21. The van der Waals surface area contributed by atoms with E-state index in [1.165, 1.54) is 5.56 Å². The van der Waals surface area contributed by atoms with E-state index in [0.29, 0.717) is 5.89 Å². The van der Waals surface area contributed by atoms with Crippen LogP contribution in [0, 0.1) is 0 Å². The molecule has 0 spiro atoms. The second-order valence-electron chi connectivity index (χ2n) is 13.2. The standard InChI is InChI=1S/C47H28N2O3/c1-2-9-29(10-3-1)30-17-19-33(20-18-30)49(34-22-24-42-39(27-34)36-13-6-7-15-41(36)50-42)35-21-23-37-44(28-35)51-43-16-8-14-38(46(37)43)47-48-40-25-31-11-4-5-12-32(31)26-45(40)52-47/h1-28H. The monoisotopic (exact) mass is 668 g/mol. The van der Waals surface area contributed by atoms with Crippen LogP contribution >= 0.6 is 0 Å². The predicted octanol–water partition coefficient (Wildman–Crippen LogP) is 13.6. The van der Waals surface area contributed by atoms with Crippen LogP contribution in [0.1, 0.15) is 0 Å². The number of rotatable bonds is 5. The number of aromatic nitrogens is 1. The van der Waals surface area contributed by atoms with Crippen LogP contribution in [0.15, 0.2) is 183 Å². The van der Waals surface area contributed by atoms with Crippen molar-refractivity contribution in [3.8, 4) is 22.6 Å². The van der Waals surface area contributed by atoms with Crippen LogP contribution in [0.25, 0.3) is 88.3 Å². The van der Waals surface area contributed by atoms with Crippen molar-refractivity contribution in [1.82, 2.24) is 4.98 Å². The molecule has 0 unspecified atom stereocenters. The summed E-state index contributed by atoms with van der Waals surface area (Å²) in [7, 11) is 0. The first-order valence-electron chi connectivity index (χ1n) is 17.4. The van der Waals surface area contributed by atoms with E-state index in [1.54, 1.807) is 0 Å². The van der Waals surface area contributed by atoms with Gasteiger partial charge in [-0.2, -0.15) is 0 Å². The van der Waals surface area contributed by atoms with E-state index in [0.717, 1.165) is 93.9 Å². The zero-order chi connectivity index (χ0) is 34.2. The molecule has 52 heavy (non-hydrogen) atoms. The molecule has 11 aromatic rings. The first-order chi connectivity index (χ1) is 25.7. The number of fused-ring (bicyclic) bond motifs is 8. The maximum absolute atomic E-state index is 6.60. The topological polar surface area (TPSA) is 55.6 Å². The van der Waals surface area contributed by atoms with Crippen LogP contribution in [0.2, 0.25) is 0 Å². The molecule has 0 aliphatic carbocycles. The van der Waals surface area contributed by atoms with E-state index < -0.39 is 0 Å². The Morgan fingerprint density at radius 2 is 1.06 bits per heavy atom. The number of oxazole rings is 1. The fraction of sp³-hybridized carbons (Fsp3) is 0. The summed E-state index contributed by atoms with van der Waals surface area (Å²) in [6.45, 7) is 0. The van der Waals surface area contributed by atoms with Crippen molar-refractivity contribution in [2.75, 3.05) is 4.90 Å². The third kappa shape index (κ3) is 4.53. The lowest BCUT2D eigenvalue weighted by molar-refractivity contribution is 0.620. The molecular formula is C47H28N2O3. The summed E-state index contributed by atoms with van der Waals surface area (Å²) in [5.74, 6) is 0.573. The number of benzene rings is 8. The fourth-order valence-electron chi connectivity index (χ4n) is 7.59. The lowest BCUT2D eigenvalue weighted by Crippen LogP contribution is -2.09. The maximum Gasteiger partial charge on any atom is 0.228 e. The molecule has 0 aliphatic heterocycles. The van der Waals surface area contributed by atoms with Gasteiger partial charge in [0.25, 0.3) is 0 Å². The van der Waals surface area contributed by atoms with E-state index in [9.17, 15) is 0 Å². The van der Waals surface area contributed by atoms with Gasteiger partial charge in [-0.15, -0.1) is 0 Å². The molecule has 0 amide bonds. The minimum absolute atomic E-state index is 0.573. The van der Waals surface area contributed by atoms with Gasteiger partial charge in [0.1, 0.15) is 27.8 Å². The van der Waals surface area contributed by atoms with Gasteiger partial charge < -0.3 is 18.2 Å². The highest BCUT2D eigenvalue weighted by Crippen LogP contribution is 2.43. The normalized spacial score (nSPS) is 11.8. The van der Waals surface area contributed by atoms with Gasteiger partial charge in [0.2, 0.25) is 5.89 Å². The van der Waals surface area contributed by atoms with E-state index in [1.807, 2.05) is 42.5 Å². The Morgan fingerprint density at radius 1 is 0.385 bits per heavy atom. The van der Waals surface area contributed by atoms with Crippen LogP contribution in [-0.2, 0) is 0 Å². The predicted molar refractivity (Wildman–Crippen MR) is 212 cm³/mol. The summed E-state index contributed by atoms with van der Waals surface area (Å²) < 4.78 is 19.2. The molecule has 0 atom stereocenters. The number of para-hydroxylation sites is 1. The van der Waals surface area contributed by atoms with Gasteiger partial charge in [-0.3, -0.25) is 0 Å². The average Bonchev–Trinajstić information content (AvgIpc) is 3.90. The minimum atomic E-state index is 0.573. The quantitative estimate of drug-likeness (QED) is 0.183. The van der Waals surface area contributed by atoms with E-state index >= 15 is 0 Å². The molecule has 3 heterocycles. The summed E-state index contributed by atoms with van der Waals surface area (Å²) >= 11 is 0. The summed E-state index contributed by atoms with van der Waals surface area (Å²) in [5, 5.41) is 6.39. The fourth-order valence-corrected chi connectivity index (χ4v) is 7.59. The maximum atomic E-state index is 6.60. The van der Waals surface area contributed by atoms with Crippen molar-refractivity contribution in [3.05, 3.63) is 170 Å². The Hall–Kier alpha value is -7.11. The van der Waals surface area contributed by atoms with Crippen molar-refractivity contribution >= 4 is 82.8 Å². The minimum Gasteiger partial charge on any atom is -0.456 e. The SMILES string of the molecule is c1ccc(-c2ccc(N(c3ccc4c(c3)oc3cccc(-c5nc6cc7ccccc7cc6o5)c34)c3ccc4oc5ccccc5c4c3)cc2)cc1. The third-order valence-electron chi connectivity index (χ3n) is 10.1. The molecule has 5 nitrogen and oxygen atoms in total. The Bertz CT molecular complexity index is 3080. The molecule has 11 rings (SSSR count). The van der Waals surface area contributed by atoms with E-state index in [2.05, 4.69) is 132 Å². The molecule has 5 heteroatoms. The Morgan fingerprint density at radius 3 is 1.94 bits per heavy atom. The number of anilines is 3. The summed E-state index contributed by atoms with van der Waals surface area (Å²) in [6.07, 6.45) is 0. The third-order valence-corrected chi connectivity index (χ3v) is 10.1. The van der Waals surface area contributed by atoms with Crippen LogP contribution in [-0.4, -0.2) is 4.98 Å². The zero-order valence-corrected chi connectivity index (χ0v) is 27.8. The molecule has 0 saturated carbocycles. The molecule has 244 valence electrons. The lowest BCUT2D eigenvalue weighted by atomic mass is 10.0. The second-order valence-corrected chi connectivity index (χ2v) is 13.2. The molecule has 3 aromatic heterocycles. The zero-order valence-electron chi connectivity index (χ0n) is 27.8. The molecule has 0 aliphatic rings. The van der Waals surface area contributed by atoms with Crippen molar-refractivity contribution in [3.63, 3.8) is 0 Å². The second kappa shape index (κ2) is 11.2. The first kappa shape index (κ1) is 28.7. The highest BCUT2D eigenvalue weighted by atomic mass is 16.4. The molecule has 0 saturated heterocycles. The van der Waals surface area contributed by atoms with E-state index in [4.69, 9.17) is 18.2 Å². The van der Waals surface area contributed by atoms with Gasteiger partial charge >= 0.3 is 0 Å². The number of nitrogens with zero attached hydrogens (tertiary/aromatic N) is 2. The Balaban J connectivity index is 1.07. The van der Waals surface area contributed by atoms with Crippen molar-refractivity contribution in [1.29, 1.82) is 0 Å². The van der Waals surface area contributed by atoms with Gasteiger partial charge in [0.15, 0.2) is 5.58 Å². The Labute approximate surface area is 297 Å². The van der Waals surface area contributed by atoms with Crippen LogP contribution in [0.4, 0.5) is 17.1 Å². The summed E-state index contributed by atoms with van der Waals surface area (Å²) in [5.41, 5.74) is 11.1. The largest absolute Gasteiger partial charge is 0.456 e. The van der Waals surface area contributed by atoms with Crippen LogP contribution in [0.5, 0.6) is 0 Å². The van der Waals surface area contributed by atoms with Gasteiger partial charge in [-0.25, -0.2) is 4.98 Å². The first-order valence-corrected chi connectivity index (χ1v) is 17.4. The lowest BCUT2D eigenvalue weighted by Gasteiger charge is -2.25. The molecule has 0 N–H and O–H groups in total. The van der Waals surface area contributed by atoms with Gasteiger partial charge in [0.05, 0.1) is 0 Å². The van der Waals surface area contributed by atoms with Crippen LogP contribution in [0.3, 0.4) is 0 Å². The van der Waals surface area contributed by atoms with Crippen LogP contribution < -0.4 is 4.90 Å². The average molecular weight is 669 g/mol. The van der Waals surface area contributed by atoms with Crippen molar-refractivity contribution in [2.24, 2.45) is 0 Å². The molecule has 0 bridgehead atoms. The molecular weight excluding hydrogens is 641 g/mol. The number of hydrogen-bond donors (Lipinski definition) is 0. The van der Waals surface area contributed by atoms with Crippen molar-refractivity contribution in [2.45, 2.75) is 0 Å². The molecule has 0 fully saturated rings. The number of hydrogen-bond acceptors (Lipinski definition) is 5. The summed E-state index contributed by atoms with van der Waals surface area (Å²) in [6, 6.07) is 58.7. The van der Waals surface area contributed by atoms with Gasteiger partial charge in [-0.05, 0) is 94.7 Å². The highest BCUT2D eigenvalue weighted by molar-refractivity contribution is 6.13.